The number of rotatable bonds is 5. The largest absolute Gasteiger partial charge is 0.416 e. The number of halogens is 3. The van der Waals surface area contributed by atoms with Gasteiger partial charge in [-0.05, 0) is 30.2 Å². The zero-order chi connectivity index (χ0) is 19.4. The minimum Gasteiger partial charge on any atom is -0.299 e. The molecule has 0 aliphatic carbocycles. The molecule has 0 radical (unpaired) electrons. The van der Waals surface area contributed by atoms with Gasteiger partial charge in [-0.3, -0.25) is 14.6 Å². The molecular formula is C21H23F3N2O. The fraction of sp³-hybridized carbons (Fsp3) is 0.381. The highest BCUT2D eigenvalue weighted by atomic mass is 19.4. The van der Waals surface area contributed by atoms with E-state index in [1.807, 2.05) is 30.3 Å². The second-order valence-electron chi connectivity index (χ2n) is 6.95. The molecule has 1 fully saturated rings. The number of Topliss-reactive ketones (excluding diaryl/α,β-unsaturated/α-hetero) is 1. The third-order valence-electron chi connectivity index (χ3n) is 4.86. The molecular weight excluding hydrogens is 353 g/mol. The lowest BCUT2D eigenvalue weighted by molar-refractivity contribution is -0.137. The van der Waals surface area contributed by atoms with Crippen LogP contribution in [0.2, 0.25) is 0 Å². The Balaban J connectivity index is 1.89. The van der Waals surface area contributed by atoms with Gasteiger partial charge in [-0.2, -0.15) is 13.2 Å². The molecule has 6 heteroatoms. The summed E-state index contributed by atoms with van der Waals surface area (Å²) in [7, 11) is 0. The third kappa shape index (κ3) is 4.96. The first kappa shape index (κ1) is 19.6. The standard InChI is InChI=1S/C21H23F3N2O/c1-16(27)15-25-10-12-26(13-11-25)20(17-6-3-2-4-7-17)18-8-5-9-19(14-18)21(22,23)24/h2-9,14,20H,10-13,15H2,1H3. The van der Waals surface area contributed by atoms with E-state index < -0.39 is 11.7 Å². The summed E-state index contributed by atoms with van der Waals surface area (Å²) in [4.78, 5) is 15.6. The van der Waals surface area contributed by atoms with Crippen LogP contribution in [0.1, 0.15) is 29.7 Å². The molecule has 27 heavy (non-hydrogen) atoms. The summed E-state index contributed by atoms with van der Waals surface area (Å²) >= 11 is 0. The van der Waals surface area contributed by atoms with Crippen LogP contribution in [-0.2, 0) is 11.0 Å². The van der Waals surface area contributed by atoms with Crippen LogP contribution in [0, 0.1) is 0 Å². The zero-order valence-corrected chi connectivity index (χ0v) is 15.2. The summed E-state index contributed by atoms with van der Waals surface area (Å²) in [5, 5.41) is 0. The first-order valence-electron chi connectivity index (χ1n) is 9.02. The Morgan fingerprint density at radius 1 is 0.963 bits per heavy atom. The number of alkyl halides is 3. The molecule has 0 amide bonds. The average Bonchev–Trinajstić information content (AvgIpc) is 2.63. The van der Waals surface area contributed by atoms with Crippen LogP contribution >= 0.6 is 0 Å². The SMILES string of the molecule is CC(=O)CN1CCN(C(c2ccccc2)c2cccc(C(F)(F)F)c2)CC1. The third-order valence-corrected chi connectivity index (χ3v) is 4.86. The lowest BCUT2D eigenvalue weighted by Gasteiger charge is -2.39. The van der Waals surface area contributed by atoms with Crippen molar-refractivity contribution >= 4 is 5.78 Å². The van der Waals surface area contributed by atoms with Gasteiger partial charge in [0.1, 0.15) is 5.78 Å². The van der Waals surface area contributed by atoms with E-state index in [4.69, 9.17) is 0 Å². The molecule has 3 nitrogen and oxygen atoms in total. The molecule has 2 aromatic rings. The Morgan fingerprint density at radius 3 is 2.19 bits per heavy atom. The molecule has 144 valence electrons. The Kier molecular flexibility index (Phi) is 5.97. The lowest BCUT2D eigenvalue weighted by Crippen LogP contribution is -2.48. The lowest BCUT2D eigenvalue weighted by atomic mass is 9.95. The van der Waals surface area contributed by atoms with Crippen molar-refractivity contribution in [2.75, 3.05) is 32.7 Å². The van der Waals surface area contributed by atoms with Gasteiger partial charge in [-0.1, -0.05) is 42.5 Å². The number of benzene rings is 2. The molecule has 0 saturated carbocycles. The summed E-state index contributed by atoms with van der Waals surface area (Å²) in [6.45, 7) is 4.84. The summed E-state index contributed by atoms with van der Waals surface area (Å²) in [6, 6.07) is 15.0. The van der Waals surface area contributed by atoms with Gasteiger partial charge < -0.3 is 0 Å². The molecule has 1 aliphatic rings. The van der Waals surface area contributed by atoms with Gasteiger partial charge in [0, 0.05) is 26.2 Å². The van der Waals surface area contributed by atoms with Crippen molar-refractivity contribution in [2.45, 2.75) is 19.1 Å². The highest BCUT2D eigenvalue weighted by Crippen LogP contribution is 2.34. The zero-order valence-electron chi connectivity index (χ0n) is 15.2. The fourth-order valence-corrected chi connectivity index (χ4v) is 3.63. The van der Waals surface area contributed by atoms with Crippen molar-refractivity contribution < 1.29 is 18.0 Å². The molecule has 2 aromatic carbocycles. The second kappa shape index (κ2) is 8.23. The number of carbonyl (C=O) groups is 1. The maximum atomic E-state index is 13.2. The second-order valence-corrected chi connectivity index (χ2v) is 6.95. The Labute approximate surface area is 157 Å². The van der Waals surface area contributed by atoms with Crippen LogP contribution in [0.15, 0.2) is 54.6 Å². The van der Waals surface area contributed by atoms with E-state index in [2.05, 4.69) is 9.80 Å². The molecule has 1 aliphatic heterocycles. The van der Waals surface area contributed by atoms with Crippen LogP contribution in [0.3, 0.4) is 0 Å². The predicted molar refractivity (Wildman–Crippen MR) is 98.4 cm³/mol. The molecule has 3 rings (SSSR count). The first-order valence-corrected chi connectivity index (χ1v) is 9.02. The summed E-state index contributed by atoms with van der Waals surface area (Å²) < 4.78 is 39.6. The van der Waals surface area contributed by atoms with E-state index in [1.165, 1.54) is 12.1 Å². The number of hydrogen-bond acceptors (Lipinski definition) is 3. The van der Waals surface area contributed by atoms with Crippen molar-refractivity contribution in [3.8, 4) is 0 Å². The maximum absolute atomic E-state index is 13.2. The Bertz CT molecular complexity index is 768. The summed E-state index contributed by atoms with van der Waals surface area (Å²) in [6.07, 6.45) is -4.36. The summed E-state index contributed by atoms with van der Waals surface area (Å²) in [5.74, 6) is 0.126. The van der Waals surface area contributed by atoms with Crippen molar-refractivity contribution in [1.82, 2.24) is 9.80 Å². The van der Waals surface area contributed by atoms with E-state index in [1.54, 1.807) is 13.0 Å². The highest BCUT2D eigenvalue weighted by molar-refractivity contribution is 5.77. The summed E-state index contributed by atoms with van der Waals surface area (Å²) in [5.41, 5.74) is 0.976. The molecule has 0 aromatic heterocycles. The van der Waals surface area contributed by atoms with E-state index >= 15 is 0 Å². The van der Waals surface area contributed by atoms with Gasteiger partial charge in [0.05, 0.1) is 18.2 Å². The van der Waals surface area contributed by atoms with Crippen molar-refractivity contribution in [1.29, 1.82) is 0 Å². The van der Waals surface area contributed by atoms with Gasteiger partial charge in [0.15, 0.2) is 0 Å². The van der Waals surface area contributed by atoms with Gasteiger partial charge >= 0.3 is 6.18 Å². The fourth-order valence-electron chi connectivity index (χ4n) is 3.63. The monoisotopic (exact) mass is 376 g/mol. The topological polar surface area (TPSA) is 23.6 Å². The van der Waals surface area contributed by atoms with Crippen molar-refractivity contribution in [3.05, 3.63) is 71.3 Å². The van der Waals surface area contributed by atoms with Gasteiger partial charge in [-0.25, -0.2) is 0 Å². The minimum atomic E-state index is -4.36. The minimum absolute atomic E-state index is 0.126. The van der Waals surface area contributed by atoms with Crippen molar-refractivity contribution in [3.63, 3.8) is 0 Å². The molecule has 1 saturated heterocycles. The van der Waals surface area contributed by atoms with Crippen LogP contribution in [0.5, 0.6) is 0 Å². The van der Waals surface area contributed by atoms with Crippen LogP contribution < -0.4 is 0 Å². The van der Waals surface area contributed by atoms with Crippen LogP contribution in [0.25, 0.3) is 0 Å². The molecule has 0 spiro atoms. The molecule has 0 N–H and O–H groups in total. The number of carbonyl (C=O) groups excluding carboxylic acids is 1. The van der Waals surface area contributed by atoms with Crippen LogP contribution in [0.4, 0.5) is 13.2 Å². The molecule has 1 heterocycles. The number of ketones is 1. The molecule has 0 bridgehead atoms. The highest BCUT2D eigenvalue weighted by Gasteiger charge is 2.32. The number of piperazine rings is 1. The Hall–Kier alpha value is -2.18. The number of nitrogens with zero attached hydrogens (tertiary/aromatic N) is 2. The Morgan fingerprint density at radius 2 is 1.59 bits per heavy atom. The maximum Gasteiger partial charge on any atom is 0.416 e. The molecule has 1 unspecified atom stereocenters. The first-order chi connectivity index (χ1) is 12.8. The van der Waals surface area contributed by atoms with E-state index in [9.17, 15) is 18.0 Å². The van der Waals surface area contributed by atoms with Gasteiger partial charge in [0.2, 0.25) is 0 Å². The smallest absolute Gasteiger partial charge is 0.299 e. The van der Waals surface area contributed by atoms with Crippen LogP contribution in [-0.4, -0.2) is 48.3 Å². The molecule has 1 atom stereocenters. The average molecular weight is 376 g/mol. The predicted octanol–water partition coefficient (Wildman–Crippen LogP) is 4.00. The number of hydrogen-bond donors (Lipinski definition) is 0. The van der Waals surface area contributed by atoms with E-state index in [0.29, 0.717) is 25.2 Å². The van der Waals surface area contributed by atoms with E-state index in [-0.39, 0.29) is 11.8 Å². The normalized spacial score (nSPS) is 17.6. The van der Waals surface area contributed by atoms with E-state index in [0.717, 1.165) is 24.7 Å². The van der Waals surface area contributed by atoms with Gasteiger partial charge in [0.25, 0.3) is 0 Å². The quantitative estimate of drug-likeness (QED) is 0.788. The van der Waals surface area contributed by atoms with Crippen molar-refractivity contribution in [2.24, 2.45) is 0 Å². The van der Waals surface area contributed by atoms with Gasteiger partial charge in [-0.15, -0.1) is 0 Å².